The lowest BCUT2D eigenvalue weighted by molar-refractivity contribution is 0.0984. The predicted octanol–water partition coefficient (Wildman–Crippen LogP) is 5.77. The van der Waals surface area contributed by atoms with Crippen LogP contribution in [0.15, 0.2) is 48.5 Å². The van der Waals surface area contributed by atoms with Crippen LogP contribution in [0.1, 0.15) is 28.9 Å². The zero-order valence-corrected chi connectivity index (χ0v) is 22.8. The van der Waals surface area contributed by atoms with Crippen LogP contribution in [-0.4, -0.2) is 67.2 Å². The lowest BCUT2D eigenvalue weighted by Gasteiger charge is -2.18. The van der Waals surface area contributed by atoms with Crippen LogP contribution in [-0.2, 0) is 0 Å². The molecule has 1 aliphatic rings. The predicted molar refractivity (Wildman–Crippen MR) is 151 cm³/mol. The number of alkyl halides is 1. The number of fused-ring (bicyclic) bond motifs is 4. The van der Waals surface area contributed by atoms with Gasteiger partial charge < -0.3 is 29.4 Å². The third kappa shape index (κ3) is 4.91. The second-order valence-corrected chi connectivity index (χ2v) is 10.2. The van der Waals surface area contributed by atoms with Crippen molar-refractivity contribution in [1.29, 1.82) is 0 Å². The lowest BCUT2D eigenvalue weighted by atomic mass is 9.92. The molecule has 0 bridgehead atoms. The molecule has 1 amide bonds. The van der Waals surface area contributed by atoms with Gasteiger partial charge in [-0.1, -0.05) is 24.3 Å². The number of aromatic nitrogens is 1. The highest BCUT2D eigenvalue weighted by molar-refractivity contribution is 6.22. The van der Waals surface area contributed by atoms with Gasteiger partial charge in [-0.3, -0.25) is 4.79 Å². The molecule has 2 heterocycles. The van der Waals surface area contributed by atoms with Gasteiger partial charge in [-0.15, -0.1) is 24.0 Å². The van der Waals surface area contributed by atoms with E-state index in [0.717, 1.165) is 33.8 Å². The van der Waals surface area contributed by atoms with Gasteiger partial charge in [0.1, 0.15) is 18.1 Å². The molecule has 9 heteroatoms. The maximum absolute atomic E-state index is 13.8. The number of H-pyrrole nitrogens is 1. The van der Waals surface area contributed by atoms with E-state index in [2.05, 4.69) is 4.98 Å². The molecule has 0 saturated carbocycles. The number of anilines is 1. The van der Waals surface area contributed by atoms with E-state index in [-0.39, 0.29) is 35.4 Å². The molecule has 0 saturated heterocycles. The van der Waals surface area contributed by atoms with Crippen molar-refractivity contribution in [2.75, 3.05) is 45.8 Å². The number of likely N-dealkylation sites (N-methyl/N-ethyl adjacent to an activating group) is 1. The van der Waals surface area contributed by atoms with Gasteiger partial charge in [0.05, 0.1) is 12.8 Å². The second-order valence-electron chi connectivity index (χ2n) is 9.50. The van der Waals surface area contributed by atoms with Crippen LogP contribution in [0, 0.1) is 0 Å². The Balaban J connectivity index is 0.00000320. The molecule has 0 aliphatic carbocycles. The number of ether oxygens (including phenoxy) is 2. The van der Waals surface area contributed by atoms with Gasteiger partial charge >= 0.3 is 0 Å². The summed E-state index contributed by atoms with van der Waals surface area (Å²) in [6.07, 6.45) is 0. The van der Waals surface area contributed by atoms with Crippen molar-refractivity contribution >= 4 is 57.3 Å². The van der Waals surface area contributed by atoms with Crippen LogP contribution in [0.3, 0.4) is 0 Å². The quantitative estimate of drug-likeness (QED) is 0.289. The summed E-state index contributed by atoms with van der Waals surface area (Å²) in [7, 11) is 5.57. The Morgan fingerprint density at radius 3 is 2.59 bits per heavy atom. The first-order chi connectivity index (χ1) is 17.3. The fourth-order valence-electron chi connectivity index (χ4n) is 4.94. The van der Waals surface area contributed by atoms with Gasteiger partial charge in [0, 0.05) is 52.8 Å². The average Bonchev–Trinajstić information content (AvgIpc) is 3.44. The third-order valence-electron chi connectivity index (χ3n) is 6.81. The Kier molecular flexibility index (Phi) is 7.78. The van der Waals surface area contributed by atoms with Crippen molar-refractivity contribution in [2.24, 2.45) is 0 Å². The van der Waals surface area contributed by atoms with Crippen molar-refractivity contribution in [3.05, 3.63) is 59.8 Å². The molecule has 2 atom stereocenters. The minimum absolute atomic E-state index is 0. The van der Waals surface area contributed by atoms with Crippen molar-refractivity contribution in [2.45, 2.75) is 18.2 Å². The minimum atomic E-state index is -0.191. The van der Waals surface area contributed by atoms with Gasteiger partial charge in [0.25, 0.3) is 5.91 Å². The number of phenolic OH excluding ortho intramolecular Hbond substituents is 1. The number of hydrogen-bond acceptors (Lipinski definition) is 5. The number of nitrogens with one attached hydrogen (secondary N) is 1. The van der Waals surface area contributed by atoms with Gasteiger partial charge in [-0.2, -0.15) is 0 Å². The molecule has 3 aromatic carbocycles. The van der Waals surface area contributed by atoms with Crippen molar-refractivity contribution in [3.8, 4) is 17.2 Å². The number of halogens is 2. The summed E-state index contributed by atoms with van der Waals surface area (Å²) in [5.41, 5.74) is 2.91. The number of carbonyl (C=O) groups is 1. The van der Waals surface area contributed by atoms with Gasteiger partial charge in [-0.25, -0.2) is 0 Å². The lowest BCUT2D eigenvalue weighted by Crippen LogP contribution is -2.31. The van der Waals surface area contributed by atoms with Crippen LogP contribution < -0.4 is 14.4 Å². The molecular weight excluding hydrogens is 513 g/mol. The zero-order valence-electron chi connectivity index (χ0n) is 21.2. The zero-order chi connectivity index (χ0) is 25.6. The minimum Gasteiger partial charge on any atom is -0.507 e. The van der Waals surface area contributed by atoms with E-state index < -0.39 is 0 Å². The fourth-order valence-corrected chi connectivity index (χ4v) is 5.15. The van der Waals surface area contributed by atoms with Gasteiger partial charge in [0.2, 0.25) is 0 Å². The fraction of sp³-hybridized carbons (Fsp3) is 0.321. The van der Waals surface area contributed by atoms with E-state index in [1.165, 1.54) is 0 Å². The van der Waals surface area contributed by atoms with Crippen LogP contribution in [0.5, 0.6) is 17.2 Å². The maximum atomic E-state index is 13.8. The van der Waals surface area contributed by atoms with Crippen molar-refractivity contribution in [3.63, 3.8) is 0 Å². The molecule has 1 aromatic heterocycles. The molecule has 37 heavy (non-hydrogen) atoms. The molecule has 2 N–H and O–H groups in total. The first-order valence-corrected chi connectivity index (χ1v) is 12.4. The van der Waals surface area contributed by atoms with E-state index >= 15 is 0 Å². The Labute approximate surface area is 227 Å². The Bertz CT molecular complexity index is 1450. The Hall–Kier alpha value is -3.13. The number of amides is 1. The van der Waals surface area contributed by atoms with E-state index in [0.29, 0.717) is 36.0 Å². The Morgan fingerprint density at radius 1 is 1.19 bits per heavy atom. The summed E-state index contributed by atoms with van der Waals surface area (Å²) in [6.45, 7) is 3.67. The summed E-state index contributed by atoms with van der Waals surface area (Å²) in [5.74, 6) is 1.13. The molecule has 196 valence electrons. The second kappa shape index (κ2) is 10.7. The highest BCUT2D eigenvalue weighted by Gasteiger charge is 2.37. The molecule has 0 unspecified atom stereocenters. The summed E-state index contributed by atoms with van der Waals surface area (Å²) >= 11 is 6.61. The largest absolute Gasteiger partial charge is 0.507 e. The van der Waals surface area contributed by atoms with E-state index in [4.69, 9.17) is 21.1 Å². The van der Waals surface area contributed by atoms with Crippen LogP contribution in [0.2, 0.25) is 0 Å². The molecule has 4 aromatic rings. The first kappa shape index (κ1) is 26.9. The van der Waals surface area contributed by atoms with Gasteiger partial charge in [-0.05, 0) is 44.1 Å². The highest BCUT2D eigenvalue weighted by Crippen LogP contribution is 2.47. The van der Waals surface area contributed by atoms with E-state index in [9.17, 15) is 9.90 Å². The average molecular weight is 544 g/mol. The number of hydrogen-bond donors (Lipinski definition) is 2. The van der Waals surface area contributed by atoms with Crippen LogP contribution >= 0.6 is 24.0 Å². The van der Waals surface area contributed by atoms with Crippen LogP contribution in [0.25, 0.3) is 21.7 Å². The number of nitrogens with zero attached hydrogens (tertiary/aromatic N) is 2. The monoisotopic (exact) mass is 543 g/mol. The topological polar surface area (TPSA) is 78.0 Å². The van der Waals surface area contributed by atoms with E-state index in [1.807, 2.05) is 68.4 Å². The molecule has 0 radical (unpaired) electrons. The maximum Gasteiger partial charge on any atom is 0.274 e. The van der Waals surface area contributed by atoms with Gasteiger partial charge in [0.15, 0.2) is 11.5 Å². The molecule has 5 rings (SSSR count). The molecule has 0 spiro atoms. The number of aromatic amines is 1. The summed E-state index contributed by atoms with van der Waals surface area (Å²) in [4.78, 5) is 20.8. The molecular formula is C28H31Cl2N3O4. The molecule has 0 fully saturated rings. The number of phenols is 1. The number of benzene rings is 3. The first-order valence-electron chi connectivity index (χ1n) is 12.0. The highest BCUT2D eigenvalue weighted by atomic mass is 35.5. The number of methoxy groups -OCH3 is 1. The van der Waals surface area contributed by atoms with Crippen LogP contribution in [0.4, 0.5) is 5.69 Å². The summed E-state index contributed by atoms with van der Waals surface area (Å²) in [5, 5.41) is 13.1. The SMILES string of the molecule is COc1cc2[nH]c(C(=O)N3C[C@@H]([C@@H](C)Cl)c4c3cc(O)c3ccccc43)cc2cc1OCCN(C)C.Cl. The Morgan fingerprint density at radius 2 is 1.92 bits per heavy atom. The van der Waals surface area contributed by atoms with Crippen molar-refractivity contribution < 1.29 is 19.4 Å². The molecule has 7 nitrogen and oxygen atoms in total. The van der Waals surface area contributed by atoms with E-state index in [1.54, 1.807) is 18.1 Å². The molecule has 1 aliphatic heterocycles. The number of carbonyl (C=O) groups excluding carboxylic acids is 1. The van der Waals surface area contributed by atoms with Crippen molar-refractivity contribution in [1.82, 2.24) is 9.88 Å². The standard InChI is InChI=1S/C28H30ClN3O4.ClH/c1-16(29)20-15-32(23-14-24(33)18-7-5-6-8-19(18)27(20)23)28(34)22-11-17-12-26(36-10-9-31(2)3)25(35-4)13-21(17)30-22;/h5-8,11-14,16,20,30,33H,9-10,15H2,1-4H3;1H/t16-,20+;/m1./s1. The number of rotatable bonds is 7. The normalized spacial score (nSPS) is 15.6. The smallest absolute Gasteiger partial charge is 0.274 e. The third-order valence-corrected chi connectivity index (χ3v) is 7.12. The number of aromatic hydroxyl groups is 1. The summed E-state index contributed by atoms with van der Waals surface area (Å²) < 4.78 is 11.5. The summed E-state index contributed by atoms with van der Waals surface area (Å²) in [6, 6.07) is 14.9.